The van der Waals surface area contributed by atoms with Crippen molar-refractivity contribution in [1.29, 1.82) is 0 Å². The van der Waals surface area contributed by atoms with Crippen LogP contribution in [0, 0.1) is 6.92 Å². The highest BCUT2D eigenvalue weighted by Crippen LogP contribution is 2.30. The lowest BCUT2D eigenvalue weighted by Crippen LogP contribution is -2.03. The van der Waals surface area contributed by atoms with Crippen LogP contribution in [0.25, 0.3) is 16.9 Å². The molecule has 2 aromatic carbocycles. The third kappa shape index (κ3) is 3.27. The number of aryl methyl sites for hydroxylation is 1. The van der Waals surface area contributed by atoms with Crippen LogP contribution in [-0.2, 0) is 4.79 Å². The zero-order chi connectivity index (χ0) is 17.1. The summed E-state index contributed by atoms with van der Waals surface area (Å²) in [5.41, 5.74) is 3.20. The van der Waals surface area contributed by atoms with Crippen molar-refractivity contribution < 1.29 is 14.3 Å². The van der Waals surface area contributed by atoms with Gasteiger partial charge in [0.05, 0.1) is 19.0 Å². The molecule has 3 rings (SSSR count). The van der Waals surface area contributed by atoms with E-state index in [-0.39, 0.29) is 5.97 Å². The van der Waals surface area contributed by atoms with Crippen LogP contribution in [0.4, 0.5) is 0 Å². The minimum absolute atomic E-state index is 0.371. The van der Waals surface area contributed by atoms with E-state index in [0.717, 1.165) is 22.6 Å². The number of carbonyl (C=O) groups excluding carboxylic acids is 1. The molecule has 0 atom stereocenters. The number of nitrogens with zero attached hydrogens (tertiary/aromatic N) is 3. The SMILES string of the molecule is COc1ccc(-n2cc(-c3ccc(C)cc3OC(C)=O)nn2)cc1. The van der Waals surface area contributed by atoms with Crippen molar-refractivity contribution in [2.45, 2.75) is 13.8 Å². The first kappa shape index (κ1) is 15.7. The minimum Gasteiger partial charge on any atom is -0.497 e. The maximum absolute atomic E-state index is 11.3. The van der Waals surface area contributed by atoms with Gasteiger partial charge in [-0.25, -0.2) is 4.68 Å². The number of methoxy groups -OCH3 is 1. The van der Waals surface area contributed by atoms with Gasteiger partial charge < -0.3 is 9.47 Å². The molecular weight excluding hydrogens is 306 g/mol. The molecule has 0 aliphatic rings. The number of aromatic nitrogens is 3. The molecule has 0 saturated heterocycles. The molecule has 0 amide bonds. The summed E-state index contributed by atoms with van der Waals surface area (Å²) >= 11 is 0. The van der Waals surface area contributed by atoms with Gasteiger partial charge in [-0.1, -0.05) is 11.3 Å². The van der Waals surface area contributed by atoms with Gasteiger partial charge in [-0.2, -0.15) is 0 Å². The fourth-order valence-corrected chi connectivity index (χ4v) is 2.33. The van der Waals surface area contributed by atoms with Gasteiger partial charge in [0.2, 0.25) is 0 Å². The lowest BCUT2D eigenvalue weighted by atomic mass is 10.1. The number of carbonyl (C=O) groups is 1. The largest absolute Gasteiger partial charge is 0.497 e. The van der Waals surface area contributed by atoms with Gasteiger partial charge in [0.15, 0.2) is 0 Å². The molecule has 6 nitrogen and oxygen atoms in total. The van der Waals surface area contributed by atoms with E-state index in [2.05, 4.69) is 10.3 Å². The summed E-state index contributed by atoms with van der Waals surface area (Å²) in [6.45, 7) is 3.31. The lowest BCUT2D eigenvalue weighted by molar-refractivity contribution is -0.131. The molecule has 0 bridgehead atoms. The third-order valence-corrected chi connectivity index (χ3v) is 3.50. The van der Waals surface area contributed by atoms with Gasteiger partial charge in [-0.3, -0.25) is 4.79 Å². The normalized spacial score (nSPS) is 10.5. The zero-order valence-corrected chi connectivity index (χ0v) is 13.7. The van der Waals surface area contributed by atoms with Gasteiger partial charge >= 0.3 is 5.97 Å². The minimum atomic E-state index is -0.371. The summed E-state index contributed by atoms with van der Waals surface area (Å²) < 4.78 is 12.1. The zero-order valence-electron chi connectivity index (χ0n) is 13.7. The second-order valence-electron chi connectivity index (χ2n) is 5.34. The molecular formula is C18H17N3O3. The van der Waals surface area contributed by atoms with Crippen LogP contribution >= 0.6 is 0 Å². The average molecular weight is 323 g/mol. The molecule has 0 radical (unpaired) electrons. The van der Waals surface area contributed by atoms with E-state index in [1.165, 1.54) is 6.92 Å². The lowest BCUT2D eigenvalue weighted by Gasteiger charge is -2.07. The second-order valence-corrected chi connectivity index (χ2v) is 5.34. The van der Waals surface area contributed by atoms with E-state index < -0.39 is 0 Å². The summed E-state index contributed by atoms with van der Waals surface area (Å²) in [5, 5.41) is 8.34. The van der Waals surface area contributed by atoms with Crippen molar-refractivity contribution >= 4 is 5.97 Å². The van der Waals surface area contributed by atoms with Crippen LogP contribution in [-0.4, -0.2) is 28.1 Å². The summed E-state index contributed by atoms with van der Waals surface area (Å²) in [6.07, 6.45) is 1.79. The first-order valence-electron chi connectivity index (χ1n) is 7.43. The molecule has 0 aliphatic carbocycles. The van der Waals surface area contributed by atoms with Gasteiger partial charge in [-0.05, 0) is 48.9 Å². The van der Waals surface area contributed by atoms with Crippen molar-refractivity contribution in [3.63, 3.8) is 0 Å². The molecule has 0 N–H and O–H groups in total. The quantitative estimate of drug-likeness (QED) is 0.545. The van der Waals surface area contributed by atoms with Crippen LogP contribution in [0.1, 0.15) is 12.5 Å². The highest BCUT2D eigenvalue weighted by atomic mass is 16.5. The summed E-state index contributed by atoms with van der Waals surface area (Å²) in [4.78, 5) is 11.3. The van der Waals surface area contributed by atoms with Gasteiger partial charge in [0.1, 0.15) is 17.2 Å². The molecule has 0 saturated carbocycles. The van der Waals surface area contributed by atoms with Gasteiger partial charge in [0, 0.05) is 12.5 Å². The van der Waals surface area contributed by atoms with Crippen molar-refractivity contribution in [2.75, 3.05) is 7.11 Å². The van der Waals surface area contributed by atoms with Crippen molar-refractivity contribution in [3.05, 3.63) is 54.2 Å². The van der Waals surface area contributed by atoms with E-state index in [0.29, 0.717) is 11.4 Å². The molecule has 1 aromatic heterocycles. The van der Waals surface area contributed by atoms with Crippen LogP contribution in [0.3, 0.4) is 0 Å². The Morgan fingerprint density at radius 3 is 2.54 bits per heavy atom. The Kier molecular flexibility index (Phi) is 4.29. The number of hydrogen-bond donors (Lipinski definition) is 0. The Bertz CT molecular complexity index is 869. The first-order valence-corrected chi connectivity index (χ1v) is 7.43. The van der Waals surface area contributed by atoms with E-state index in [1.54, 1.807) is 18.0 Å². The van der Waals surface area contributed by atoms with Gasteiger partial charge in [0.25, 0.3) is 0 Å². The molecule has 24 heavy (non-hydrogen) atoms. The Morgan fingerprint density at radius 1 is 1.12 bits per heavy atom. The van der Waals surface area contributed by atoms with Crippen LogP contribution in [0.15, 0.2) is 48.7 Å². The number of rotatable bonds is 4. The highest BCUT2D eigenvalue weighted by molar-refractivity contribution is 5.75. The smallest absolute Gasteiger partial charge is 0.308 e. The molecule has 0 fully saturated rings. The highest BCUT2D eigenvalue weighted by Gasteiger charge is 2.13. The fourth-order valence-electron chi connectivity index (χ4n) is 2.33. The number of ether oxygens (including phenoxy) is 2. The molecule has 3 aromatic rings. The van der Waals surface area contributed by atoms with E-state index in [9.17, 15) is 4.79 Å². The molecule has 0 aliphatic heterocycles. The third-order valence-electron chi connectivity index (χ3n) is 3.50. The summed E-state index contributed by atoms with van der Waals surface area (Å²) in [6, 6.07) is 13.1. The average Bonchev–Trinajstić information content (AvgIpc) is 3.04. The Hall–Kier alpha value is -3.15. The predicted molar refractivity (Wildman–Crippen MR) is 89.4 cm³/mol. The topological polar surface area (TPSA) is 66.2 Å². The van der Waals surface area contributed by atoms with E-state index >= 15 is 0 Å². The number of esters is 1. The van der Waals surface area contributed by atoms with Crippen molar-refractivity contribution in [3.8, 4) is 28.4 Å². The number of hydrogen-bond acceptors (Lipinski definition) is 5. The maximum Gasteiger partial charge on any atom is 0.308 e. The molecule has 0 unspecified atom stereocenters. The molecule has 6 heteroatoms. The van der Waals surface area contributed by atoms with Crippen molar-refractivity contribution in [2.24, 2.45) is 0 Å². The standard InChI is InChI=1S/C18H17N3O3/c1-12-4-9-16(18(10-12)24-13(2)22)17-11-21(20-19-17)14-5-7-15(23-3)8-6-14/h4-11H,1-3H3. The Morgan fingerprint density at radius 2 is 1.88 bits per heavy atom. The molecule has 122 valence electrons. The van der Waals surface area contributed by atoms with Crippen LogP contribution in [0.2, 0.25) is 0 Å². The number of benzene rings is 2. The predicted octanol–water partition coefficient (Wildman–Crippen LogP) is 3.18. The Labute approximate surface area is 139 Å². The molecule has 0 spiro atoms. The Balaban J connectivity index is 1.96. The van der Waals surface area contributed by atoms with Crippen LogP contribution in [0.5, 0.6) is 11.5 Å². The van der Waals surface area contributed by atoms with Crippen molar-refractivity contribution in [1.82, 2.24) is 15.0 Å². The summed E-state index contributed by atoms with van der Waals surface area (Å²) in [7, 11) is 1.62. The fraction of sp³-hybridized carbons (Fsp3) is 0.167. The van der Waals surface area contributed by atoms with Crippen LogP contribution < -0.4 is 9.47 Å². The second kappa shape index (κ2) is 6.54. The van der Waals surface area contributed by atoms with Gasteiger partial charge in [-0.15, -0.1) is 5.10 Å². The van der Waals surface area contributed by atoms with E-state index in [1.807, 2.05) is 49.4 Å². The summed E-state index contributed by atoms with van der Waals surface area (Å²) in [5.74, 6) is 0.878. The monoisotopic (exact) mass is 323 g/mol. The molecule has 1 heterocycles. The first-order chi connectivity index (χ1) is 11.6. The maximum atomic E-state index is 11.3. The van der Waals surface area contributed by atoms with E-state index in [4.69, 9.17) is 9.47 Å².